The van der Waals surface area contributed by atoms with Crippen molar-refractivity contribution >= 4 is 5.91 Å². The van der Waals surface area contributed by atoms with Gasteiger partial charge in [-0.3, -0.25) is 4.79 Å². The number of carbonyl (C=O) groups is 1. The molecule has 96 valence electrons. The van der Waals surface area contributed by atoms with Gasteiger partial charge in [-0.1, -0.05) is 31.2 Å². The number of hydrogen-bond acceptors (Lipinski definition) is 2. The van der Waals surface area contributed by atoms with Gasteiger partial charge < -0.3 is 10.1 Å². The van der Waals surface area contributed by atoms with Crippen LogP contribution in [0.25, 0.3) is 0 Å². The highest BCUT2D eigenvalue weighted by molar-refractivity contribution is 5.80. The van der Waals surface area contributed by atoms with Crippen molar-refractivity contribution in [2.24, 2.45) is 11.3 Å². The molecule has 0 bridgehead atoms. The molecule has 3 heteroatoms. The Morgan fingerprint density at radius 2 is 1.94 bits per heavy atom. The van der Waals surface area contributed by atoms with Crippen LogP contribution in [0, 0.1) is 11.3 Å². The lowest BCUT2D eigenvalue weighted by atomic mass is 9.88. The highest BCUT2D eigenvalue weighted by atomic mass is 16.5. The fourth-order valence-corrected chi connectivity index (χ4v) is 2.74. The van der Waals surface area contributed by atoms with Crippen LogP contribution in [0.1, 0.15) is 18.1 Å². The largest absolute Gasteiger partial charge is 0.380 e. The van der Waals surface area contributed by atoms with E-state index >= 15 is 0 Å². The molecule has 18 heavy (non-hydrogen) atoms. The van der Waals surface area contributed by atoms with Crippen molar-refractivity contribution in [3.05, 3.63) is 35.4 Å². The van der Waals surface area contributed by atoms with E-state index in [2.05, 4.69) is 24.4 Å². The molecule has 0 aromatic heterocycles. The van der Waals surface area contributed by atoms with Crippen molar-refractivity contribution < 1.29 is 9.53 Å². The number of hydrogen-bond donors (Lipinski definition) is 1. The third kappa shape index (κ3) is 2.15. The molecule has 0 radical (unpaired) electrons. The van der Waals surface area contributed by atoms with E-state index in [1.165, 1.54) is 11.1 Å². The van der Waals surface area contributed by atoms with Crippen molar-refractivity contribution in [3.63, 3.8) is 0 Å². The Kier molecular flexibility index (Phi) is 2.86. The third-order valence-electron chi connectivity index (χ3n) is 4.01. The standard InChI is InChI=1S/C15H19NO2/c1-15(9-18-10-15)8-16-14(17)13-6-11-4-2-3-5-12(11)7-13/h2-5,13H,6-10H2,1H3,(H,16,17). The second-order valence-corrected chi connectivity index (χ2v) is 5.90. The van der Waals surface area contributed by atoms with Crippen molar-refractivity contribution in [3.8, 4) is 0 Å². The van der Waals surface area contributed by atoms with E-state index < -0.39 is 0 Å². The predicted molar refractivity (Wildman–Crippen MR) is 69.3 cm³/mol. The van der Waals surface area contributed by atoms with Crippen molar-refractivity contribution in [2.45, 2.75) is 19.8 Å². The van der Waals surface area contributed by atoms with E-state index in [9.17, 15) is 4.79 Å². The molecule has 0 atom stereocenters. The van der Waals surface area contributed by atoms with E-state index in [-0.39, 0.29) is 17.2 Å². The van der Waals surface area contributed by atoms with Gasteiger partial charge in [0.1, 0.15) is 0 Å². The molecule has 1 N–H and O–H groups in total. The maximum Gasteiger partial charge on any atom is 0.223 e. The molecule has 2 aliphatic rings. The van der Waals surface area contributed by atoms with Gasteiger partial charge in [-0.2, -0.15) is 0 Å². The van der Waals surface area contributed by atoms with Gasteiger partial charge in [-0.05, 0) is 24.0 Å². The number of amides is 1. The van der Waals surface area contributed by atoms with Gasteiger partial charge in [0.2, 0.25) is 5.91 Å². The smallest absolute Gasteiger partial charge is 0.223 e. The second kappa shape index (κ2) is 4.39. The minimum absolute atomic E-state index is 0.118. The molecule has 3 rings (SSSR count). The molecule has 1 heterocycles. The number of ether oxygens (including phenoxy) is 1. The van der Waals surface area contributed by atoms with Crippen LogP contribution in [-0.2, 0) is 22.4 Å². The summed E-state index contributed by atoms with van der Waals surface area (Å²) in [6.45, 7) is 4.41. The lowest BCUT2D eigenvalue weighted by Crippen LogP contribution is -2.49. The topological polar surface area (TPSA) is 38.3 Å². The summed E-state index contributed by atoms with van der Waals surface area (Å²) < 4.78 is 5.20. The van der Waals surface area contributed by atoms with Crippen LogP contribution in [0.5, 0.6) is 0 Å². The number of benzene rings is 1. The third-order valence-corrected chi connectivity index (χ3v) is 4.01. The molecule has 3 nitrogen and oxygen atoms in total. The molecule has 1 aliphatic heterocycles. The van der Waals surface area contributed by atoms with Gasteiger partial charge >= 0.3 is 0 Å². The molecular weight excluding hydrogens is 226 g/mol. The highest BCUT2D eigenvalue weighted by Crippen LogP contribution is 2.28. The van der Waals surface area contributed by atoms with E-state index in [1.54, 1.807) is 0 Å². The maximum atomic E-state index is 12.1. The molecule has 0 unspecified atom stereocenters. The summed E-state index contributed by atoms with van der Waals surface area (Å²) in [7, 11) is 0. The van der Waals surface area contributed by atoms with Crippen molar-refractivity contribution in [1.82, 2.24) is 5.32 Å². The summed E-state index contributed by atoms with van der Waals surface area (Å²) in [4.78, 5) is 12.1. The quantitative estimate of drug-likeness (QED) is 0.877. The highest BCUT2D eigenvalue weighted by Gasteiger charge is 2.35. The van der Waals surface area contributed by atoms with Gasteiger partial charge in [-0.25, -0.2) is 0 Å². The zero-order valence-corrected chi connectivity index (χ0v) is 10.7. The van der Waals surface area contributed by atoms with Crippen LogP contribution in [-0.4, -0.2) is 25.7 Å². The predicted octanol–water partition coefficient (Wildman–Crippen LogP) is 1.55. The zero-order chi connectivity index (χ0) is 12.6. The van der Waals surface area contributed by atoms with Crippen LogP contribution in [0.2, 0.25) is 0 Å². The molecule has 1 fully saturated rings. The van der Waals surface area contributed by atoms with Gasteiger partial charge in [0, 0.05) is 17.9 Å². The first kappa shape index (κ1) is 11.7. The molecule has 1 amide bonds. The summed E-state index contributed by atoms with van der Waals surface area (Å²) in [5.74, 6) is 0.311. The molecule has 0 spiro atoms. The van der Waals surface area contributed by atoms with Crippen molar-refractivity contribution in [2.75, 3.05) is 19.8 Å². The minimum atomic E-state index is 0.118. The average Bonchev–Trinajstić information content (AvgIpc) is 2.77. The molecule has 1 aromatic rings. The average molecular weight is 245 g/mol. The Morgan fingerprint density at radius 3 is 2.44 bits per heavy atom. The number of nitrogens with one attached hydrogen (secondary N) is 1. The van der Waals surface area contributed by atoms with E-state index in [1.807, 2.05) is 12.1 Å². The SMILES string of the molecule is CC1(CNC(=O)C2Cc3ccccc3C2)COC1. The fraction of sp³-hybridized carbons (Fsp3) is 0.533. The first-order valence-electron chi connectivity index (χ1n) is 6.59. The molecule has 1 aliphatic carbocycles. The zero-order valence-electron chi connectivity index (χ0n) is 10.7. The summed E-state index contributed by atoms with van der Waals surface area (Å²) in [5.41, 5.74) is 2.81. The number of rotatable bonds is 3. The van der Waals surface area contributed by atoms with Gasteiger partial charge in [0.15, 0.2) is 0 Å². The minimum Gasteiger partial charge on any atom is -0.380 e. The monoisotopic (exact) mass is 245 g/mol. The first-order chi connectivity index (χ1) is 8.66. The van der Waals surface area contributed by atoms with Crippen molar-refractivity contribution in [1.29, 1.82) is 0 Å². The summed E-state index contributed by atoms with van der Waals surface area (Å²) >= 11 is 0. The summed E-state index contributed by atoms with van der Waals surface area (Å²) in [5, 5.41) is 3.08. The lowest BCUT2D eigenvalue weighted by Gasteiger charge is -2.38. The number of carbonyl (C=O) groups excluding carboxylic acids is 1. The number of fused-ring (bicyclic) bond motifs is 1. The second-order valence-electron chi connectivity index (χ2n) is 5.90. The van der Waals surface area contributed by atoms with Gasteiger partial charge in [0.05, 0.1) is 13.2 Å². The Morgan fingerprint density at radius 1 is 1.33 bits per heavy atom. The van der Waals surface area contributed by atoms with E-state index in [0.29, 0.717) is 0 Å². The van der Waals surface area contributed by atoms with Crippen LogP contribution < -0.4 is 5.32 Å². The molecule has 0 saturated carbocycles. The Hall–Kier alpha value is -1.35. The van der Waals surface area contributed by atoms with Crippen LogP contribution in [0.3, 0.4) is 0 Å². The molecular formula is C15H19NO2. The molecule has 1 aromatic carbocycles. The summed E-state index contributed by atoms with van der Waals surface area (Å²) in [6.07, 6.45) is 1.77. The lowest BCUT2D eigenvalue weighted by molar-refractivity contribution is -0.130. The maximum absolute atomic E-state index is 12.1. The van der Waals surface area contributed by atoms with Gasteiger partial charge in [-0.15, -0.1) is 0 Å². The Labute approximate surface area is 108 Å². The molecule has 1 saturated heterocycles. The summed E-state index contributed by atoms with van der Waals surface area (Å²) in [6, 6.07) is 8.35. The normalized spacial score (nSPS) is 21.2. The fourth-order valence-electron chi connectivity index (χ4n) is 2.74. The van der Waals surface area contributed by atoms with E-state index in [0.717, 1.165) is 32.6 Å². The first-order valence-corrected chi connectivity index (χ1v) is 6.59. The van der Waals surface area contributed by atoms with Crippen LogP contribution in [0.4, 0.5) is 0 Å². The van der Waals surface area contributed by atoms with Crippen LogP contribution >= 0.6 is 0 Å². The van der Waals surface area contributed by atoms with Gasteiger partial charge in [0.25, 0.3) is 0 Å². The Balaban J connectivity index is 1.56. The van der Waals surface area contributed by atoms with Crippen LogP contribution in [0.15, 0.2) is 24.3 Å². The van der Waals surface area contributed by atoms with E-state index in [4.69, 9.17) is 4.74 Å². The Bertz CT molecular complexity index is 440.